The van der Waals surface area contributed by atoms with Gasteiger partial charge in [0, 0.05) is 18.3 Å². The molecule has 1 aromatic carbocycles. The third-order valence-corrected chi connectivity index (χ3v) is 5.04. The summed E-state index contributed by atoms with van der Waals surface area (Å²) in [4.78, 5) is 20.2. The average Bonchev–Trinajstić information content (AvgIpc) is 2.75. The van der Waals surface area contributed by atoms with Crippen molar-refractivity contribution in [2.24, 2.45) is 11.5 Å². The van der Waals surface area contributed by atoms with Crippen LogP contribution in [0.1, 0.15) is 37.0 Å². The van der Waals surface area contributed by atoms with Crippen LogP contribution in [0.3, 0.4) is 0 Å². The molecular formula is C22H27FN6O2. The molecule has 6 N–H and O–H groups in total. The highest BCUT2D eigenvalue weighted by atomic mass is 19.1. The normalized spacial score (nSPS) is 12.9. The van der Waals surface area contributed by atoms with Gasteiger partial charge in [-0.1, -0.05) is 13.3 Å². The van der Waals surface area contributed by atoms with Crippen LogP contribution >= 0.6 is 0 Å². The summed E-state index contributed by atoms with van der Waals surface area (Å²) in [6.07, 6.45) is 4.55. The Morgan fingerprint density at radius 1 is 1.29 bits per heavy atom. The van der Waals surface area contributed by atoms with E-state index < -0.39 is 11.7 Å². The van der Waals surface area contributed by atoms with Crippen molar-refractivity contribution in [1.29, 1.82) is 0 Å². The molecule has 0 aliphatic carbocycles. The van der Waals surface area contributed by atoms with Crippen LogP contribution in [0.5, 0.6) is 5.75 Å². The Morgan fingerprint density at radius 3 is 2.71 bits per heavy atom. The van der Waals surface area contributed by atoms with Crippen LogP contribution in [-0.2, 0) is 0 Å². The number of methoxy groups -OCH3 is 1. The van der Waals surface area contributed by atoms with Crippen molar-refractivity contribution in [3.8, 4) is 5.75 Å². The smallest absolute Gasteiger partial charge is 0.252 e. The Kier molecular flexibility index (Phi) is 6.86. The number of fused-ring (bicyclic) bond motifs is 1. The second kappa shape index (κ2) is 9.57. The van der Waals surface area contributed by atoms with Crippen molar-refractivity contribution < 1.29 is 13.9 Å². The minimum absolute atomic E-state index is 0.0536. The van der Waals surface area contributed by atoms with E-state index in [4.69, 9.17) is 16.2 Å². The van der Waals surface area contributed by atoms with E-state index in [1.165, 1.54) is 25.6 Å². The molecule has 31 heavy (non-hydrogen) atoms. The van der Waals surface area contributed by atoms with E-state index in [0.29, 0.717) is 17.0 Å². The first-order valence-corrected chi connectivity index (χ1v) is 10.1. The number of halogens is 1. The van der Waals surface area contributed by atoms with Gasteiger partial charge in [-0.2, -0.15) is 0 Å². The van der Waals surface area contributed by atoms with E-state index in [2.05, 4.69) is 27.5 Å². The summed E-state index contributed by atoms with van der Waals surface area (Å²) in [5.41, 5.74) is 12.7. The van der Waals surface area contributed by atoms with Crippen LogP contribution in [0.4, 0.5) is 21.6 Å². The molecule has 0 saturated carbocycles. The quantitative estimate of drug-likeness (QED) is 0.412. The fourth-order valence-corrected chi connectivity index (χ4v) is 3.42. The van der Waals surface area contributed by atoms with Gasteiger partial charge in [0.2, 0.25) is 0 Å². The molecule has 2 heterocycles. The Balaban J connectivity index is 2.13. The topological polar surface area (TPSA) is 128 Å². The summed E-state index contributed by atoms with van der Waals surface area (Å²) in [7, 11) is 1.52. The number of primary amides is 1. The zero-order valence-electron chi connectivity index (χ0n) is 17.8. The summed E-state index contributed by atoms with van der Waals surface area (Å²) >= 11 is 0. The molecule has 0 radical (unpaired) electrons. The second-order valence-corrected chi connectivity index (χ2v) is 7.31. The minimum Gasteiger partial charge on any atom is -0.495 e. The van der Waals surface area contributed by atoms with Crippen molar-refractivity contribution >= 4 is 34.0 Å². The number of carbonyl (C=O) groups excluding carboxylic acids is 1. The number of amides is 1. The van der Waals surface area contributed by atoms with Crippen LogP contribution in [0.15, 0.2) is 36.7 Å². The van der Waals surface area contributed by atoms with Crippen molar-refractivity contribution in [3.63, 3.8) is 0 Å². The number of nitrogens with one attached hydrogen (secondary N) is 2. The first-order valence-electron chi connectivity index (χ1n) is 10.1. The van der Waals surface area contributed by atoms with Gasteiger partial charge in [-0.25, -0.2) is 9.37 Å². The van der Waals surface area contributed by atoms with E-state index in [9.17, 15) is 4.79 Å². The molecule has 8 nitrogen and oxygen atoms in total. The van der Waals surface area contributed by atoms with Gasteiger partial charge in [0.05, 0.1) is 41.1 Å². The van der Waals surface area contributed by atoms with Crippen molar-refractivity contribution in [1.82, 2.24) is 9.97 Å². The van der Waals surface area contributed by atoms with Crippen LogP contribution in [-0.4, -0.2) is 35.1 Å². The first kappa shape index (κ1) is 22.2. The second-order valence-electron chi connectivity index (χ2n) is 7.31. The van der Waals surface area contributed by atoms with Crippen LogP contribution in [0.25, 0.3) is 10.9 Å². The lowest BCUT2D eigenvalue weighted by atomic mass is 10.0. The molecule has 2 atom stereocenters. The molecule has 3 aromatic rings. The zero-order chi connectivity index (χ0) is 22.5. The molecule has 2 aromatic heterocycles. The van der Waals surface area contributed by atoms with Gasteiger partial charge in [-0.05, 0) is 37.6 Å². The number of anilines is 3. The Morgan fingerprint density at radius 2 is 2.06 bits per heavy atom. The van der Waals surface area contributed by atoms with Crippen molar-refractivity contribution in [3.05, 3.63) is 48.0 Å². The molecule has 1 amide bonds. The molecule has 164 valence electrons. The molecule has 0 spiro atoms. The Bertz CT molecular complexity index is 1090. The summed E-state index contributed by atoms with van der Waals surface area (Å²) in [5, 5.41) is 6.45. The van der Waals surface area contributed by atoms with Gasteiger partial charge in [0.1, 0.15) is 11.6 Å². The lowest BCUT2D eigenvalue weighted by Crippen LogP contribution is -2.38. The SMILES string of the molecule is CCC[C@@H](Nc1c(OC)ccc2ncc(Nc3ncccc3C(N)=O)c(F)c12)[C@H](C)N. The molecular weight excluding hydrogens is 399 g/mol. The maximum atomic E-state index is 15.7. The first-order chi connectivity index (χ1) is 14.9. The highest BCUT2D eigenvalue weighted by Crippen LogP contribution is 2.38. The lowest BCUT2D eigenvalue weighted by Gasteiger charge is -2.25. The van der Waals surface area contributed by atoms with E-state index in [0.717, 1.165) is 12.8 Å². The number of nitrogens with two attached hydrogens (primary N) is 2. The van der Waals surface area contributed by atoms with Crippen LogP contribution < -0.4 is 26.8 Å². The lowest BCUT2D eigenvalue weighted by molar-refractivity contribution is 0.100. The maximum Gasteiger partial charge on any atom is 0.252 e. The minimum atomic E-state index is -0.673. The van der Waals surface area contributed by atoms with Crippen LogP contribution in [0.2, 0.25) is 0 Å². The third-order valence-electron chi connectivity index (χ3n) is 5.04. The number of carbonyl (C=O) groups is 1. The molecule has 3 rings (SSSR count). The number of hydrogen-bond donors (Lipinski definition) is 4. The van der Waals surface area contributed by atoms with Crippen molar-refractivity contribution in [2.45, 2.75) is 38.8 Å². The standard InChI is InChI=1S/C22H27FN6O2/c1-4-6-14(12(2)24)28-20-17(31-3)9-8-15-18(20)19(23)16(11-27-15)29-22-13(21(25)30)7-5-10-26-22/h5,7-12,14,28H,4,6,24H2,1-3H3,(H2,25,30)(H,26,29)/t12-,14+/m0/s1. The number of pyridine rings is 2. The zero-order valence-corrected chi connectivity index (χ0v) is 17.8. The predicted octanol–water partition coefficient (Wildman–Crippen LogP) is 3.55. The molecule has 0 saturated heterocycles. The number of rotatable bonds is 9. The summed E-state index contributed by atoms with van der Waals surface area (Å²) in [5.74, 6) is -0.616. The Hall–Kier alpha value is -3.46. The Labute approximate surface area is 180 Å². The number of nitrogens with zero attached hydrogens (tertiary/aromatic N) is 2. The molecule has 0 aliphatic rings. The third kappa shape index (κ3) is 4.66. The molecule has 0 fully saturated rings. The van der Waals surface area contributed by atoms with E-state index in [1.807, 2.05) is 6.92 Å². The van der Waals surface area contributed by atoms with Gasteiger partial charge >= 0.3 is 0 Å². The highest BCUT2D eigenvalue weighted by molar-refractivity contribution is 6.00. The highest BCUT2D eigenvalue weighted by Gasteiger charge is 2.21. The summed E-state index contributed by atoms with van der Waals surface area (Å²) < 4.78 is 21.2. The van der Waals surface area contributed by atoms with Gasteiger partial charge in [0.25, 0.3) is 5.91 Å². The van der Waals surface area contributed by atoms with E-state index in [1.54, 1.807) is 18.2 Å². The van der Waals surface area contributed by atoms with Gasteiger partial charge in [-0.3, -0.25) is 9.78 Å². The predicted molar refractivity (Wildman–Crippen MR) is 120 cm³/mol. The van der Waals surface area contributed by atoms with Gasteiger partial charge in [0.15, 0.2) is 5.82 Å². The van der Waals surface area contributed by atoms with Gasteiger partial charge in [-0.15, -0.1) is 0 Å². The van der Waals surface area contributed by atoms with E-state index in [-0.39, 0.29) is 34.5 Å². The summed E-state index contributed by atoms with van der Waals surface area (Å²) in [6.45, 7) is 3.96. The average molecular weight is 426 g/mol. The fourth-order valence-electron chi connectivity index (χ4n) is 3.42. The number of aromatic nitrogens is 2. The van der Waals surface area contributed by atoms with Gasteiger partial charge < -0.3 is 26.8 Å². The number of hydrogen-bond acceptors (Lipinski definition) is 7. The largest absolute Gasteiger partial charge is 0.495 e. The molecule has 0 bridgehead atoms. The van der Waals surface area contributed by atoms with Crippen LogP contribution in [0, 0.1) is 5.82 Å². The summed E-state index contributed by atoms with van der Waals surface area (Å²) in [6, 6.07) is 6.26. The van der Waals surface area contributed by atoms with Crippen molar-refractivity contribution in [2.75, 3.05) is 17.7 Å². The fraction of sp³-hybridized carbons (Fsp3) is 0.318. The van der Waals surface area contributed by atoms with E-state index >= 15 is 4.39 Å². The monoisotopic (exact) mass is 426 g/mol. The maximum absolute atomic E-state index is 15.7. The molecule has 0 unspecified atom stereocenters. The number of benzene rings is 1. The molecule has 9 heteroatoms. The number of ether oxygens (including phenoxy) is 1. The molecule has 0 aliphatic heterocycles.